The Kier molecular flexibility index (Phi) is 5.50. The Morgan fingerprint density at radius 1 is 1.29 bits per heavy atom. The van der Waals surface area contributed by atoms with Gasteiger partial charge in [0.15, 0.2) is 5.82 Å². The molecular weight excluding hydrogens is 306 g/mol. The van der Waals surface area contributed by atoms with Gasteiger partial charge in [0, 0.05) is 32.7 Å². The molecule has 0 unspecified atom stereocenters. The Balaban J connectivity index is 1.57. The van der Waals surface area contributed by atoms with E-state index in [9.17, 15) is 4.79 Å². The van der Waals surface area contributed by atoms with Crippen molar-refractivity contribution >= 4 is 5.91 Å². The van der Waals surface area contributed by atoms with Gasteiger partial charge in [0.05, 0.1) is 12.0 Å². The van der Waals surface area contributed by atoms with Gasteiger partial charge in [-0.15, -0.1) is 0 Å². The lowest BCUT2D eigenvalue weighted by atomic mass is 9.96. The van der Waals surface area contributed by atoms with E-state index in [1.165, 1.54) is 0 Å². The van der Waals surface area contributed by atoms with Gasteiger partial charge in [-0.25, -0.2) is 0 Å². The summed E-state index contributed by atoms with van der Waals surface area (Å²) in [5, 5.41) is 3.90. The lowest BCUT2D eigenvalue weighted by Crippen LogP contribution is -2.55. The summed E-state index contributed by atoms with van der Waals surface area (Å²) in [7, 11) is 0. The molecule has 3 heterocycles. The van der Waals surface area contributed by atoms with Crippen LogP contribution in [-0.4, -0.2) is 82.6 Å². The van der Waals surface area contributed by atoms with E-state index in [4.69, 9.17) is 4.52 Å². The highest BCUT2D eigenvalue weighted by Gasteiger charge is 2.33. The van der Waals surface area contributed by atoms with E-state index in [0.29, 0.717) is 11.7 Å². The maximum atomic E-state index is 12.9. The maximum Gasteiger partial charge on any atom is 0.239 e. The Bertz CT molecular complexity index is 553. The molecule has 2 atom stereocenters. The van der Waals surface area contributed by atoms with Gasteiger partial charge in [0.1, 0.15) is 0 Å². The highest BCUT2D eigenvalue weighted by atomic mass is 16.5. The summed E-state index contributed by atoms with van der Waals surface area (Å²) in [6.07, 6.45) is 2.11. The summed E-state index contributed by atoms with van der Waals surface area (Å²) in [5.41, 5.74) is 0. The second-order valence-electron chi connectivity index (χ2n) is 6.95. The number of aromatic nitrogens is 2. The van der Waals surface area contributed by atoms with E-state index < -0.39 is 0 Å². The van der Waals surface area contributed by atoms with Gasteiger partial charge in [-0.3, -0.25) is 9.69 Å². The molecule has 24 heavy (non-hydrogen) atoms. The molecule has 1 amide bonds. The molecule has 0 spiro atoms. The van der Waals surface area contributed by atoms with Crippen LogP contribution >= 0.6 is 0 Å². The number of likely N-dealkylation sites (tertiary alicyclic amines) is 1. The van der Waals surface area contributed by atoms with Crippen molar-refractivity contribution in [1.29, 1.82) is 0 Å². The van der Waals surface area contributed by atoms with Crippen LogP contribution in [0.3, 0.4) is 0 Å². The van der Waals surface area contributed by atoms with Gasteiger partial charge >= 0.3 is 0 Å². The van der Waals surface area contributed by atoms with E-state index in [1.807, 2.05) is 18.7 Å². The van der Waals surface area contributed by atoms with E-state index in [1.54, 1.807) is 0 Å². The Morgan fingerprint density at radius 3 is 2.67 bits per heavy atom. The van der Waals surface area contributed by atoms with Crippen LogP contribution < -0.4 is 0 Å². The number of hydrogen-bond acceptors (Lipinski definition) is 6. The summed E-state index contributed by atoms with van der Waals surface area (Å²) in [5.74, 6) is 1.90. The van der Waals surface area contributed by atoms with Gasteiger partial charge in [-0.1, -0.05) is 12.1 Å². The molecule has 2 aliphatic rings. The van der Waals surface area contributed by atoms with Crippen LogP contribution in [0.25, 0.3) is 0 Å². The lowest BCUT2D eigenvalue weighted by Gasteiger charge is -2.39. The average molecular weight is 335 g/mol. The van der Waals surface area contributed by atoms with Crippen LogP contribution in [0.2, 0.25) is 0 Å². The third-order valence-corrected chi connectivity index (χ3v) is 5.38. The first-order valence-electron chi connectivity index (χ1n) is 9.14. The molecule has 0 radical (unpaired) electrons. The predicted octanol–water partition coefficient (Wildman–Crippen LogP) is 1.11. The van der Waals surface area contributed by atoms with Crippen LogP contribution in [0.5, 0.6) is 0 Å². The topological polar surface area (TPSA) is 65.7 Å². The van der Waals surface area contributed by atoms with E-state index in [2.05, 4.69) is 26.9 Å². The zero-order chi connectivity index (χ0) is 17.1. The molecule has 2 aliphatic heterocycles. The van der Waals surface area contributed by atoms with Gasteiger partial charge in [0.25, 0.3) is 0 Å². The van der Waals surface area contributed by atoms with Crippen LogP contribution in [-0.2, 0) is 4.79 Å². The number of rotatable bonds is 4. The second-order valence-corrected chi connectivity index (χ2v) is 6.95. The van der Waals surface area contributed by atoms with Crippen molar-refractivity contribution in [3.05, 3.63) is 11.7 Å². The van der Waals surface area contributed by atoms with Crippen LogP contribution in [0, 0.1) is 6.92 Å². The number of likely N-dealkylation sites (N-methyl/N-ethyl adjacent to an activating group) is 1. The number of aryl methyl sites for hydroxylation is 1. The number of piperazine rings is 1. The van der Waals surface area contributed by atoms with E-state index in [-0.39, 0.29) is 17.9 Å². The van der Waals surface area contributed by atoms with Crippen molar-refractivity contribution < 1.29 is 9.32 Å². The van der Waals surface area contributed by atoms with E-state index in [0.717, 1.165) is 58.7 Å². The molecule has 0 N–H and O–H groups in total. The molecule has 0 bridgehead atoms. The molecule has 3 rings (SSSR count). The van der Waals surface area contributed by atoms with Gasteiger partial charge in [-0.2, -0.15) is 4.98 Å². The number of amides is 1. The van der Waals surface area contributed by atoms with Gasteiger partial charge < -0.3 is 14.3 Å². The van der Waals surface area contributed by atoms with Gasteiger partial charge in [-0.05, 0) is 39.8 Å². The molecule has 134 valence electrons. The first-order valence-corrected chi connectivity index (χ1v) is 9.14. The normalized spacial score (nSPS) is 25.0. The molecule has 1 aromatic heterocycles. The standard InChI is InChI=1S/C17H29N5O2/c1-4-20-8-10-21(11-9-20)17(23)13(2)22-7-5-6-15(12-22)16-18-14(3)19-24-16/h13,15H,4-12H2,1-3H3/t13-,15+/m0/s1. The predicted molar refractivity (Wildman–Crippen MR) is 90.7 cm³/mol. The average Bonchev–Trinajstić information content (AvgIpc) is 3.07. The summed E-state index contributed by atoms with van der Waals surface area (Å²) < 4.78 is 5.34. The van der Waals surface area contributed by atoms with Crippen molar-refractivity contribution in [2.45, 2.75) is 45.6 Å². The summed E-state index contributed by atoms with van der Waals surface area (Å²) in [6.45, 7) is 12.6. The number of hydrogen-bond donors (Lipinski definition) is 0. The Hall–Kier alpha value is -1.47. The maximum absolute atomic E-state index is 12.9. The van der Waals surface area contributed by atoms with Crippen LogP contribution in [0.4, 0.5) is 0 Å². The van der Waals surface area contributed by atoms with Crippen molar-refractivity contribution in [3.8, 4) is 0 Å². The molecule has 2 saturated heterocycles. The van der Waals surface area contributed by atoms with Crippen molar-refractivity contribution in [2.24, 2.45) is 0 Å². The Labute approximate surface area is 144 Å². The summed E-state index contributed by atoms with van der Waals surface area (Å²) >= 11 is 0. The number of carbonyl (C=O) groups excluding carboxylic acids is 1. The quantitative estimate of drug-likeness (QED) is 0.821. The number of carbonyl (C=O) groups is 1. The molecule has 0 saturated carbocycles. The number of piperidine rings is 1. The zero-order valence-electron chi connectivity index (χ0n) is 15.1. The largest absolute Gasteiger partial charge is 0.339 e. The third kappa shape index (κ3) is 3.78. The molecule has 7 nitrogen and oxygen atoms in total. The van der Waals surface area contributed by atoms with Crippen LogP contribution in [0.15, 0.2) is 4.52 Å². The lowest BCUT2D eigenvalue weighted by molar-refractivity contribution is -0.138. The van der Waals surface area contributed by atoms with E-state index >= 15 is 0 Å². The summed E-state index contributed by atoms with van der Waals surface area (Å²) in [6, 6.07) is -0.0787. The second kappa shape index (κ2) is 7.61. The number of nitrogens with zero attached hydrogens (tertiary/aromatic N) is 5. The minimum absolute atomic E-state index is 0.0787. The van der Waals surface area contributed by atoms with Crippen molar-refractivity contribution in [1.82, 2.24) is 24.8 Å². The SMILES string of the molecule is CCN1CCN(C(=O)[C@H](C)N2CCC[C@@H](c3nc(C)no3)C2)CC1. The fourth-order valence-corrected chi connectivity index (χ4v) is 3.74. The molecule has 2 fully saturated rings. The molecule has 1 aromatic rings. The fraction of sp³-hybridized carbons (Fsp3) is 0.824. The minimum Gasteiger partial charge on any atom is -0.339 e. The van der Waals surface area contributed by atoms with Crippen molar-refractivity contribution in [3.63, 3.8) is 0 Å². The highest BCUT2D eigenvalue weighted by Crippen LogP contribution is 2.27. The fourth-order valence-electron chi connectivity index (χ4n) is 3.74. The minimum atomic E-state index is -0.0787. The highest BCUT2D eigenvalue weighted by molar-refractivity contribution is 5.81. The monoisotopic (exact) mass is 335 g/mol. The molecule has 7 heteroatoms. The molecular formula is C17H29N5O2. The zero-order valence-corrected chi connectivity index (χ0v) is 15.1. The first-order chi connectivity index (χ1) is 11.6. The van der Waals surface area contributed by atoms with Crippen molar-refractivity contribution in [2.75, 3.05) is 45.8 Å². The van der Waals surface area contributed by atoms with Crippen LogP contribution in [0.1, 0.15) is 44.3 Å². The molecule has 0 aromatic carbocycles. The molecule has 0 aliphatic carbocycles. The smallest absolute Gasteiger partial charge is 0.239 e. The first kappa shape index (κ1) is 17.4. The summed E-state index contributed by atoms with van der Waals surface area (Å²) in [4.78, 5) is 23.9. The Morgan fingerprint density at radius 2 is 2.04 bits per heavy atom. The van der Waals surface area contributed by atoms with Gasteiger partial charge in [0.2, 0.25) is 11.8 Å². The third-order valence-electron chi connectivity index (χ3n) is 5.38.